The maximum absolute atomic E-state index is 9.15. The zero-order chi connectivity index (χ0) is 7.61. The molecule has 10 heavy (non-hydrogen) atoms. The van der Waals surface area contributed by atoms with Gasteiger partial charge in [-0.25, -0.2) is 0 Å². The second-order valence-electron chi connectivity index (χ2n) is 2.43. The van der Waals surface area contributed by atoms with Gasteiger partial charge in [-0.15, -0.1) is 5.10 Å². The second-order valence-corrected chi connectivity index (χ2v) is 2.43. The van der Waals surface area contributed by atoms with Crippen molar-refractivity contribution in [2.45, 2.75) is 19.6 Å². The molecule has 0 spiro atoms. The van der Waals surface area contributed by atoms with Crippen LogP contribution in [0.2, 0.25) is 0 Å². The van der Waals surface area contributed by atoms with Crippen molar-refractivity contribution in [2.75, 3.05) is 5.32 Å². The average Bonchev–Trinajstić information content (AvgIpc) is 2.12. The summed E-state index contributed by atoms with van der Waals surface area (Å²) in [6.45, 7) is 3.16. The van der Waals surface area contributed by atoms with Gasteiger partial charge in [-0.3, -0.25) is 0 Å². The summed E-state index contributed by atoms with van der Waals surface area (Å²) >= 11 is 0. The Balaban J connectivity index is 2.57. The summed E-state index contributed by atoms with van der Waals surface area (Å²) in [4.78, 5) is 0. The molecule has 1 aromatic rings. The maximum atomic E-state index is 9.15. The first kappa shape index (κ1) is 7.01. The predicted molar refractivity (Wildman–Crippen MR) is 34.2 cm³/mol. The number of nitrogens with zero attached hydrogens (tertiary/aromatic N) is 2. The molecule has 56 valence electrons. The first-order valence-corrected chi connectivity index (χ1v) is 2.85. The summed E-state index contributed by atoms with van der Waals surface area (Å²) in [6.07, 6.45) is 1.19. The third-order valence-electron chi connectivity index (χ3n) is 0.773. The Labute approximate surface area is 58.1 Å². The van der Waals surface area contributed by atoms with E-state index in [9.17, 15) is 0 Å². The van der Waals surface area contributed by atoms with Crippen LogP contribution < -0.4 is 5.32 Å². The van der Waals surface area contributed by atoms with E-state index in [1.807, 2.05) is 0 Å². The van der Waals surface area contributed by atoms with E-state index in [1.54, 1.807) is 13.8 Å². The van der Waals surface area contributed by atoms with Crippen molar-refractivity contribution in [3.8, 4) is 0 Å². The summed E-state index contributed by atoms with van der Waals surface area (Å²) in [5.74, 6) is 0. The van der Waals surface area contributed by atoms with Gasteiger partial charge in [0.15, 0.2) is 0 Å². The zero-order valence-electron chi connectivity index (χ0n) is 5.83. The van der Waals surface area contributed by atoms with Crippen LogP contribution in [-0.4, -0.2) is 21.0 Å². The molecule has 0 saturated carbocycles. The van der Waals surface area contributed by atoms with E-state index in [4.69, 9.17) is 9.52 Å². The summed E-state index contributed by atoms with van der Waals surface area (Å²) in [5.41, 5.74) is -1.02. The number of anilines is 1. The minimum atomic E-state index is -1.02. The van der Waals surface area contributed by atoms with Crippen LogP contribution in [0.5, 0.6) is 0 Å². The van der Waals surface area contributed by atoms with E-state index < -0.39 is 5.72 Å². The number of hydrogen-bond acceptors (Lipinski definition) is 5. The van der Waals surface area contributed by atoms with Gasteiger partial charge in [0.1, 0.15) is 5.72 Å². The van der Waals surface area contributed by atoms with E-state index >= 15 is 0 Å². The first-order valence-electron chi connectivity index (χ1n) is 2.85. The van der Waals surface area contributed by atoms with Gasteiger partial charge in [0.2, 0.25) is 6.39 Å². The maximum Gasteiger partial charge on any atom is 0.317 e. The lowest BCUT2D eigenvalue weighted by atomic mass is 10.3. The number of rotatable bonds is 2. The molecule has 0 radical (unpaired) electrons. The Morgan fingerprint density at radius 3 is 2.80 bits per heavy atom. The highest BCUT2D eigenvalue weighted by Gasteiger charge is 2.13. The Kier molecular flexibility index (Phi) is 1.58. The highest BCUT2D eigenvalue weighted by molar-refractivity contribution is 5.18. The van der Waals surface area contributed by atoms with Gasteiger partial charge in [0.25, 0.3) is 0 Å². The Hall–Kier alpha value is -1.10. The molecular formula is C5H9N3O2. The molecule has 1 rings (SSSR count). The number of hydrogen-bond donors (Lipinski definition) is 2. The van der Waals surface area contributed by atoms with Gasteiger partial charge >= 0.3 is 6.01 Å². The van der Waals surface area contributed by atoms with Gasteiger partial charge in [0, 0.05) is 0 Å². The number of aromatic nitrogens is 2. The monoisotopic (exact) mass is 143 g/mol. The third kappa shape index (κ3) is 2.02. The molecule has 0 atom stereocenters. The fourth-order valence-electron chi connectivity index (χ4n) is 0.489. The quantitative estimate of drug-likeness (QED) is 0.579. The van der Waals surface area contributed by atoms with Crippen molar-refractivity contribution < 1.29 is 9.52 Å². The zero-order valence-corrected chi connectivity index (χ0v) is 5.83. The van der Waals surface area contributed by atoms with Crippen LogP contribution in [0.1, 0.15) is 13.8 Å². The third-order valence-corrected chi connectivity index (χ3v) is 0.773. The fraction of sp³-hybridized carbons (Fsp3) is 0.600. The van der Waals surface area contributed by atoms with Crippen LogP contribution in [0, 0.1) is 0 Å². The van der Waals surface area contributed by atoms with Gasteiger partial charge in [-0.2, -0.15) is 0 Å². The first-order chi connectivity index (χ1) is 4.58. The van der Waals surface area contributed by atoms with Gasteiger partial charge in [-0.05, 0) is 13.8 Å². The molecule has 0 fully saturated rings. The molecule has 0 aliphatic rings. The van der Waals surface area contributed by atoms with Crippen LogP contribution in [0.4, 0.5) is 6.01 Å². The molecule has 0 saturated heterocycles. The van der Waals surface area contributed by atoms with Gasteiger partial charge in [0.05, 0.1) is 0 Å². The number of aliphatic hydroxyl groups is 1. The molecule has 1 aromatic heterocycles. The largest absolute Gasteiger partial charge is 0.411 e. The Bertz CT molecular complexity index is 189. The molecule has 0 bridgehead atoms. The van der Waals surface area contributed by atoms with Crippen LogP contribution in [-0.2, 0) is 0 Å². The van der Waals surface area contributed by atoms with Gasteiger partial charge < -0.3 is 14.8 Å². The van der Waals surface area contributed by atoms with E-state index in [-0.39, 0.29) is 6.01 Å². The lowest BCUT2D eigenvalue weighted by Gasteiger charge is -2.16. The summed E-state index contributed by atoms with van der Waals surface area (Å²) in [5, 5.41) is 18.7. The van der Waals surface area contributed by atoms with E-state index in [1.165, 1.54) is 6.39 Å². The van der Waals surface area contributed by atoms with E-state index in [2.05, 4.69) is 15.5 Å². The topological polar surface area (TPSA) is 71.2 Å². The standard InChI is InChI=1S/C5H9N3O2/c1-5(2,9)7-4-8-6-3-10-4/h3,9H,1-2H3,(H,7,8). The smallest absolute Gasteiger partial charge is 0.317 e. The summed E-state index contributed by atoms with van der Waals surface area (Å²) in [6, 6.07) is 0.215. The minimum absolute atomic E-state index is 0.215. The van der Waals surface area contributed by atoms with Crippen molar-refractivity contribution in [3.63, 3.8) is 0 Å². The van der Waals surface area contributed by atoms with Crippen molar-refractivity contribution in [1.82, 2.24) is 10.2 Å². The van der Waals surface area contributed by atoms with Crippen LogP contribution >= 0.6 is 0 Å². The highest BCUT2D eigenvalue weighted by atomic mass is 16.4. The molecule has 0 aromatic carbocycles. The van der Waals surface area contributed by atoms with Crippen LogP contribution in [0.3, 0.4) is 0 Å². The molecular weight excluding hydrogens is 134 g/mol. The van der Waals surface area contributed by atoms with Crippen molar-refractivity contribution in [2.24, 2.45) is 0 Å². The van der Waals surface area contributed by atoms with Crippen molar-refractivity contribution >= 4 is 6.01 Å². The average molecular weight is 143 g/mol. The molecule has 0 unspecified atom stereocenters. The lowest BCUT2D eigenvalue weighted by molar-refractivity contribution is 0.108. The minimum Gasteiger partial charge on any atom is -0.411 e. The molecule has 5 nitrogen and oxygen atoms in total. The molecule has 5 heteroatoms. The summed E-state index contributed by atoms with van der Waals surface area (Å²) in [7, 11) is 0. The Morgan fingerprint density at radius 1 is 1.70 bits per heavy atom. The van der Waals surface area contributed by atoms with Gasteiger partial charge in [-0.1, -0.05) is 5.10 Å². The highest BCUT2D eigenvalue weighted by Crippen LogP contribution is 2.06. The predicted octanol–water partition coefficient (Wildman–Crippen LogP) is 0.210. The van der Waals surface area contributed by atoms with E-state index in [0.717, 1.165) is 0 Å². The van der Waals surface area contributed by atoms with Crippen LogP contribution in [0.25, 0.3) is 0 Å². The molecule has 0 aliphatic carbocycles. The van der Waals surface area contributed by atoms with Crippen molar-refractivity contribution in [1.29, 1.82) is 0 Å². The lowest BCUT2D eigenvalue weighted by Crippen LogP contribution is -2.29. The molecule has 0 amide bonds. The SMILES string of the molecule is CC(C)(O)Nc1nnco1. The van der Waals surface area contributed by atoms with E-state index in [0.29, 0.717) is 0 Å². The normalized spacial score (nSPS) is 11.5. The molecule has 0 aliphatic heterocycles. The van der Waals surface area contributed by atoms with Crippen LogP contribution in [0.15, 0.2) is 10.8 Å². The molecule has 1 heterocycles. The Morgan fingerprint density at radius 2 is 2.40 bits per heavy atom. The molecule has 2 N–H and O–H groups in total. The fourth-order valence-corrected chi connectivity index (χ4v) is 0.489. The number of nitrogens with one attached hydrogen (secondary N) is 1. The second kappa shape index (κ2) is 2.26. The summed E-state index contributed by atoms with van der Waals surface area (Å²) < 4.78 is 4.72. The van der Waals surface area contributed by atoms with Crippen molar-refractivity contribution in [3.05, 3.63) is 6.39 Å².